The molecule has 0 aromatic heterocycles. The average molecular weight is 290 g/mol. The molecular weight excluding hydrogens is 260 g/mol. The Labute approximate surface area is 129 Å². The maximum atomic E-state index is 10.1. The van der Waals surface area contributed by atoms with E-state index in [4.69, 9.17) is 0 Å². The summed E-state index contributed by atoms with van der Waals surface area (Å²) in [5.74, 6) is 0.530. The maximum Gasteiger partial charge on any atom is 0.126 e. The van der Waals surface area contributed by atoms with Gasteiger partial charge in [0.2, 0.25) is 0 Å². The van der Waals surface area contributed by atoms with Gasteiger partial charge < -0.3 is 10.2 Å². The Morgan fingerprint density at radius 2 is 1.52 bits per heavy atom. The quantitative estimate of drug-likeness (QED) is 0.441. The Bertz CT molecular complexity index is 461. The van der Waals surface area contributed by atoms with Gasteiger partial charge in [0.25, 0.3) is 0 Å². The van der Waals surface area contributed by atoms with Crippen molar-refractivity contribution in [3.8, 4) is 11.5 Å². The second kappa shape index (κ2) is 9.49. The molecule has 0 heterocycles. The Morgan fingerprint density at radius 1 is 0.905 bits per heavy atom. The van der Waals surface area contributed by atoms with E-state index in [1.165, 1.54) is 44.9 Å². The van der Waals surface area contributed by atoms with E-state index in [1.54, 1.807) is 6.07 Å². The molecule has 1 aromatic carbocycles. The number of benzene rings is 1. The number of phenolic OH excluding ortho intramolecular Hbond substituents is 2. The highest BCUT2D eigenvalue weighted by Crippen LogP contribution is 2.32. The van der Waals surface area contributed by atoms with Crippen molar-refractivity contribution in [3.63, 3.8) is 0 Å². The lowest BCUT2D eigenvalue weighted by molar-refractivity contribution is 0.452. The van der Waals surface area contributed by atoms with Crippen molar-refractivity contribution in [3.05, 3.63) is 28.8 Å². The fraction of sp³-hybridized carbons (Fsp3) is 0.579. The molecular formula is C19H30O2. The smallest absolute Gasteiger partial charge is 0.126 e. The molecule has 1 rings (SSSR count). The zero-order valence-electron chi connectivity index (χ0n) is 13.8. The number of rotatable bonds is 9. The van der Waals surface area contributed by atoms with E-state index in [0.29, 0.717) is 5.56 Å². The molecule has 2 nitrogen and oxygen atoms in total. The molecule has 21 heavy (non-hydrogen) atoms. The predicted molar refractivity (Wildman–Crippen MR) is 90.9 cm³/mol. The lowest BCUT2D eigenvalue weighted by Gasteiger charge is -2.09. The number of allylic oxidation sites excluding steroid dienone is 1. The molecule has 0 spiro atoms. The number of phenols is 2. The van der Waals surface area contributed by atoms with Gasteiger partial charge in [0.05, 0.1) is 0 Å². The van der Waals surface area contributed by atoms with Crippen molar-refractivity contribution in [2.24, 2.45) is 0 Å². The molecule has 1 aromatic rings. The molecule has 0 atom stereocenters. The van der Waals surface area contributed by atoms with Gasteiger partial charge in [-0.05, 0) is 43.9 Å². The molecule has 0 unspecified atom stereocenters. The topological polar surface area (TPSA) is 40.5 Å². The summed E-state index contributed by atoms with van der Waals surface area (Å²) in [6.07, 6.45) is 14.2. The van der Waals surface area contributed by atoms with E-state index in [2.05, 4.69) is 13.0 Å². The Balaban J connectivity index is 2.34. The first-order chi connectivity index (χ1) is 10.1. The summed E-state index contributed by atoms with van der Waals surface area (Å²) >= 11 is 0. The van der Waals surface area contributed by atoms with Crippen LogP contribution in [0, 0.1) is 13.8 Å². The van der Waals surface area contributed by atoms with Gasteiger partial charge in [0.15, 0.2) is 0 Å². The first kappa shape index (κ1) is 17.6. The van der Waals surface area contributed by atoms with Gasteiger partial charge in [-0.2, -0.15) is 0 Å². The molecule has 0 saturated carbocycles. The van der Waals surface area contributed by atoms with Gasteiger partial charge >= 0.3 is 0 Å². The van der Waals surface area contributed by atoms with Gasteiger partial charge in [0, 0.05) is 5.56 Å². The minimum Gasteiger partial charge on any atom is -0.508 e. The number of hydrogen-bond donors (Lipinski definition) is 2. The Hall–Kier alpha value is -1.44. The van der Waals surface area contributed by atoms with Gasteiger partial charge in [0.1, 0.15) is 11.5 Å². The molecule has 0 fully saturated rings. The van der Waals surface area contributed by atoms with Crippen LogP contribution >= 0.6 is 0 Å². The van der Waals surface area contributed by atoms with Crippen LogP contribution in [-0.2, 0) is 0 Å². The van der Waals surface area contributed by atoms with Gasteiger partial charge in [-0.3, -0.25) is 0 Å². The second-order valence-electron chi connectivity index (χ2n) is 5.90. The highest BCUT2D eigenvalue weighted by molar-refractivity contribution is 5.64. The largest absolute Gasteiger partial charge is 0.508 e. The van der Waals surface area contributed by atoms with Crippen LogP contribution in [0.3, 0.4) is 0 Å². The van der Waals surface area contributed by atoms with Crippen LogP contribution in [0.2, 0.25) is 0 Å². The summed E-state index contributed by atoms with van der Waals surface area (Å²) in [7, 11) is 0. The second-order valence-corrected chi connectivity index (χ2v) is 5.90. The SMILES string of the molecule is CCCCCCCCC/C=C/c1cc(O)c(C)c(C)c1O. The van der Waals surface area contributed by atoms with Crippen LogP contribution in [0.5, 0.6) is 11.5 Å². The van der Waals surface area contributed by atoms with Crippen molar-refractivity contribution >= 4 is 6.08 Å². The van der Waals surface area contributed by atoms with Crippen LogP contribution in [0.1, 0.15) is 75.0 Å². The number of hydrogen-bond acceptors (Lipinski definition) is 2. The minimum absolute atomic E-state index is 0.251. The van der Waals surface area contributed by atoms with Crippen LogP contribution < -0.4 is 0 Å². The molecule has 2 heteroatoms. The lowest BCUT2D eigenvalue weighted by atomic mass is 10.0. The van der Waals surface area contributed by atoms with Crippen molar-refractivity contribution in [1.29, 1.82) is 0 Å². The highest BCUT2D eigenvalue weighted by Gasteiger charge is 2.08. The third-order valence-electron chi connectivity index (χ3n) is 4.14. The van der Waals surface area contributed by atoms with Crippen molar-refractivity contribution in [2.75, 3.05) is 0 Å². The molecule has 0 aliphatic carbocycles. The van der Waals surface area contributed by atoms with E-state index in [1.807, 2.05) is 19.9 Å². The van der Waals surface area contributed by atoms with Crippen LogP contribution in [-0.4, -0.2) is 10.2 Å². The van der Waals surface area contributed by atoms with Crippen molar-refractivity contribution < 1.29 is 10.2 Å². The summed E-state index contributed by atoms with van der Waals surface area (Å²) in [4.78, 5) is 0. The monoisotopic (exact) mass is 290 g/mol. The molecule has 0 aliphatic rings. The highest BCUT2D eigenvalue weighted by atomic mass is 16.3. The molecule has 0 amide bonds. The standard InChI is InChI=1S/C19H30O2/c1-4-5-6-7-8-9-10-11-12-13-17-14-18(20)15(2)16(3)19(17)21/h12-14,20-21H,4-11H2,1-3H3/b13-12+. The fourth-order valence-corrected chi connectivity index (χ4v) is 2.47. The lowest BCUT2D eigenvalue weighted by Crippen LogP contribution is -1.86. The Morgan fingerprint density at radius 3 is 2.19 bits per heavy atom. The van der Waals surface area contributed by atoms with Gasteiger partial charge in [-0.15, -0.1) is 0 Å². The third kappa shape index (κ3) is 5.82. The molecule has 118 valence electrons. The van der Waals surface area contributed by atoms with Gasteiger partial charge in [-0.25, -0.2) is 0 Å². The van der Waals surface area contributed by atoms with E-state index >= 15 is 0 Å². The summed E-state index contributed by atoms with van der Waals surface area (Å²) in [5.41, 5.74) is 2.21. The predicted octanol–water partition coefficient (Wildman–Crippen LogP) is 5.87. The summed E-state index contributed by atoms with van der Waals surface area (Å²) < 4.78 is 0. The summed E-state index contributed by atoms with van der Waals surface area (Å²) in [6.45, 7) is 5.89. The fourth-order valence-electron chi connectivity index (χ4n) is 2.47. The average Bonchev–Trinajstić information content (AvgIpc) is 2.48. The van der Waals surface area contributed by atoms with Crippen molar-refractivity contribution in [1.82, 2.24) is 0 Å². The van der Waals surface area contributed by atoms with E-state index in [0.717, 1.165) is 17.5 Å². The first-order valence-corrected chi connectivity index (χ1v) is 8.26. The summed E-state index contributed by atoms with van der Waals surface area (Å²) in [6, 6.07) is 1.64. The van der Waals surface area contributed by atoms with Crippen LogP contribution in [0.4, 0.5) is 0 Å². The normalized spacial score (nSPS) is 11.4. The molecule has 0 radical (unpaired) electrons. The number of unbranched alkanes of at least 4 members (excludes halogenated alkanes) is 7. The first-order valence-electron chi connectivity index (χ1n) is 8.26. The van der Waals surface area contributed by atoms with E-state index < -0.39 is 0 Å². The minimum atomic E-state index is 0.251. The van der Waals surface area contributed by atoms with E-state index in [9.17, 15) is 10.2 Å². The van der Waals surface area contributed by atoms with E-state index in [-0.39, 0.29) is 11.5 Å². The summed E-state index contributed by atoms with van der Waals surface area (Å²) in [5, 5.41) is 19.9. The molecule has 0 bridgehead atoms. The number of aromatic hydroxyl groups is 2. The zero-order chi connectivity index (χ0) is 15.7. The molecule has 2 N–H and O–H groups in total. The Kier molecular flexibility index (Phi) is 7.96. The van der Waals surface area contributed by atoms with Gasteiger partial charge in [-0.1, -0.05) is 57.6 Å². The van der Waals surface area contributed by atoms with Crippen LogP contribution in [0.15, 0.2) is 12.1 Å². The molecule has 0 saturated heterocycles. The van der Waals surface area contributed by atoms with Crippen LogP contribution in [0.25, 0.3) is 6.08 Å². The maximum absolute atomic E-state index is 10.1. The zero-order valence-corrected chi connectivity index (χ0v) is 13.8. The molecule has 0 aliphatic heterocycles. The third-order valence-corrected chi connectivity index (χ3v) is 4.14. The van der Waals surface area contributed by atoms with Crippen molar-refractivity contribution in [2.45, 2.75) is 72.1 Å².